The maximum Gasteiger partial charge on any atom is 0.389 e. The van der Waals surface area contributed by atoms with Gasteiger partial charge in [-0.3, -0.25) is 0 Å². The molecule has 106 valence electrons. The molecule has 2 aromatic rings. The van der Waals surface area contributed by atoms with E-state index in [-0.39, 0.29) is 12.5 Å². The van der Waals surface area contributed by atoms with Crippen LogP contribution in [0.5, 0.6) is 0 Å². The number of nitrogens with one attached hydrogen (secondary N) is 1. The summed E-state index contributed by atoms with van der Waals surface area (Å²) in [6.07, 6.45) is -4.05. The molecule has 0 fully saturated rings. The van der Waals surface area contributed by atoms with Gasteiger partial charge in [0.15, 0.2) is 0 Å². The van der Waals surface area contributed by atoms with Gasteiger partial charge in [0.2, 0.25) is 0 Å². The van der Waals surface area contributed by atoms with Crippen molar-refractivity contribution in [3.63, 3.8) is 0 Å². The van der Waals surface area contributed by atoms with Crippen LogP contribution in [0.4, 0.5) is 13.2 Å². The van der Waals surface area contributed by atoms with Crippen molar-refractivity contribution < 1.29 is 13.2 Å². The molecular weight excluding hydrogens is 291 g/mol. The highest BCUT2D eigenvalue weighted by Crippen LogP contribution is 2.35. The first-order valence-electron chi connectivity index (χ1n) is 6.26. The molecule has 2 aromatic heterocycles. The van der Waals surface area contributed by atoms with E-state index in [1.165, 1.54) is 9.40 Å². The van der Waals surface area contributed by atoms with Gasteiger partial charge in [-0.1, -0.05) is 6.92 Å². The molecule has 1 nitrogen and oxygen atoms in total. The number of rotatable bonds is 6. The fourth-order valence-electron chi connectivity index (χ4n) is 2.05. The fraction of sp³-hybridized carbons (Fsp3) is 0.538. The zero-order valence-corrected chi connectivity index (χ0v) is 12.2. The Morgan fingerprint density at radius 1 is 1.32 bits per heavy atom. The molecule has 19 heavy (non-hydrogen) atoms. The number of thiophene rings is 2. The predicted octanol–water partition coefficient (Wildman–Crippen LogP) is 5.35. The summed E-state index contributed by atoms with van der Waals surface area (Å²) < 4.78 is 39.0. The molecule has 0 saturated carbocycles. The number of alkyl halides is 3. The van der Waals surface area contributed by atoms with Crippen molar-refractivity contribution >= 4 is 32.1 Å². The van der Waals surface area contributed by atoms with Crippen molar-refractivity contribution in [2.45, 2.75) is 38.4 Å². The lowest BCUT2D eigenvalue weighted by Gasteiger charge is -2.16. The van der Waals surface area contributed by atoms with E-state index in [1.807, 2.05) is 12.3 Å². The molecule has 0 saturated heterocycles. The van der Waals surface area contributed by atoms with E-state index in [2.05, 4.69) is 17.4 Å². The van der Waals surface area contributed by atoms with Gasteiger partial charge in [-0.05, 0) is 36.9 Å². The first kappa shape index (κ1) is 14.8. The summed E-state index contributed by atoms with van der Waals surface area (Å²) in [6.45, 7) is 2.74. The second-order valence-corrected chi connectivity index (χ2v) is 6.48. The Balaban J connectivity index is 2.01. The molecule has 2 heterocycles. The zero-order valence-electron chi connectivity index (χ0n) is 10.6. The van der Waals surface area contributed by atoms with Crippen LogP contribution in [0.1, 0.15) is 37.1 Å². The smallest absolute Gasteiger partial charge is 0.310 e. The monoisotopic (exact) mass is 307 g/mol. The third-order valence-corrected chi connectivity index (χ3v) is 5.11. The maximum atomic E-state index is 12.2. The molecule has 0 aliphatic rings. The summed E-state index contributed by atoms with van der Waals surface area (Å²) in [6, 6.07) is 4.20. The number of hydrogen-bond acceptors (Lipinski definition) is 3. The molecule has 0 amide bonds. The molecule has 0 aliphatic heterocycles. The largest absolute Gasteiger partial charge is 0.389 e. The molecule has 0 bridgehead atoms. The van der Waals surface area contributed by atoms with Gasteiger partial charge in [0, 0.05) is 26.7 Å². The van der Waals surface area contributed by atoms with Crippen LogP contribution in [0, 0.1) is 0 Å². The van der Waals surface area contributed by atoms with Crippen LogP contribution in [0.15, 0.2) is 17.5 Å². The van der Waals surface area contributed by atoms with Gasteiger partial charge in [0.05, 0.1) is 0 Å². The number of hydrogen-bond donors (Lipinski definition) is 1. The van der Waals surface area contributed by atoms with Gasteiger partial charge in [0.25, 0.3) is 0 Å². The Kier molecular flexibility index (Phi) is 4.86. The van der Waals surface area contributed by atoms with Crippen molar-refractivity contribution in [3.05, 3.63) is 22.4 Å². The second-order valence-electron chi connectivity index (χ2n) is 4.42. The van der Waals surface area contributed by atoms with E-state index >= 15 is 0 Å². The second kappa shape index (κ2) is 6.24. The highest BCUT2D eigenvalue weighted by atomic mass is 32.1. The molecule has 0 aromatic carbocycles. The third-order valence-electron chi connectivity index (χ3n) is 2.91. The van der Waals surface area contributed by atoms with Gasteiger partial charge >= 0.3 is 6.18 Å². The minimum atomic E-state index is -4.05. The fourth-order valence-corrected chi connectivity index (χ4v) is 4.28. The Morgan fingerprint density at radius 2 is 2.11 bits per heavy atom. The van der Waals surface area contributed by atoms with Gasteiger partial charge in [-0.25, -0.2) is 0 Å². The summed E-state index contributed by atoms with van der Waals surface area (Å²) in [7, 11) is 0. The van der Waals surface area contributed by atoms with Gasteiger partial charge in [-0.15, -0.1) is 22.7 Å². The van der Waals surface area contributed by atoms with Crippen molar-refractivity contribution in [2.24, 2.45) is 0 Å². The number of fused-ring (bicyclic) bond motifs is 1. The Labute approximate surface area is 118 Å². The molecule has 6 heteroatoms. The van der Waals surface area contributed by atoms with Crippen LogP contribution in [-0.2, 0) is 0 Å². The van der Waals surface area contributed by atoms with Gasteiger partial charge in [0.1, 0.15) is 0 Å². The third kappa shape index (κ3) is 4.19. The van der Waals surface area contributed by atoms with Crippen LogP contribution in [-0.4, -0.2) is 12.7 Å². The average molecular weight is 307 g/mol. The van der Waals surface area contributed by atoms with Crippen molar-refractivity contribution in [1.82, 2.24) is 5.32 Å². The molecule has 0 radical (unpaired) electrons. The van der Waals surface area contributed by atoms with E-state index in [0.29, 0.717) is 6.42 Å². The molecule has 1 atom stereocenters. The minimum Gasteiger partial charge on any atom is -0.310 e. The van der Waals surface area contributed by atoms with Gasteiger partial charge in [-0.2, -0.15) is 13.2 Å². The summed E-state index contributed by atoms with van der Waals surface area (Å²) in [5.74, 6) is 0. The van der Waals surface area contributed by atoms with Crippen molar-refractivity contribution in [3.8, 4) is 0 Å². The van der Waals surface area contributed by atoms with Crippen LogP contribution in [0.2, 0.25) is 0 Å². The topological polar surface area (TPSA) is 12.0 Å². The van der Waals surface area contributed by atoms with Crippen LogP contribution in [0.3, 0.4) is 0 Å². The summed E-state index contributed by atoms with van der Waals surface area (Å²) in [4.78, 5) is 1.14. The lowest BCUT2D eigenvalue weighted by molar-refractivity contribution is -0.135. The molecule has 0 aliphatic carbocycles. The highest BCUT2D eigenvalue weighted by Gasteiger charge is 2.27. The summed E-state index contributed by atoms with van der Waals surface area (Å²) in [5.41, 5.74) is 0. The van der Waals surface area contributed by atoms with E-state index in [4.69, 9.17) is 0 Å². The van der Waals surface area contributed by atoms with E-state index < -0.39 is 12.6 Å². The summed E-state index contributed by atoms with van der Waals surface area (Å²) in [5, 5.41) is 5.32. The van der Waals surface area contributed by atoms with E-state index in [0.717, 1.165) is 11.4 Å². The van der Waals surface area contributed by atoms with E-state index in [1.54, 1.807) is 22.7 Å². The molecule has 2 rings (SSSR count). The Morgan fingerprint density at radius 3 is 2.74 bits per heavy atom. The van der Waals surface area contributed by atoms with E-state index in [9.17, 15) is 13.2 Å². The quantitative estimate of drug-likeness (QED) is 0.759. The normalized spacial score (nSPS) is 14.1. The molecular formula is C13H16F3NS2. The Hall–Kier alpha value is -0.590. The predicted molar refractivity (Wildman–Crippen MR) is 76.0 cm³/mol. The summed E-state index contributed by atoms with van der Waals surface area (Å²) >= 11 is 3.35. The standard InChI is InChI=1S/C13H16F3NS2/c1-2-17-9(4-3-6-13(14,15)16)11-8-12-10(19-11)5-7-18-12/h5,7-9,17H,2-4,6H2,1H3. The van der Waals surface area contributed by atoms with Crippen LogP contribution < -0.4 is 5.32 Å². The molecule has 1 N–H and O–H groups in total. The maximum absolute atomic E-state index is 12.2. The highest BCUT2D eigenvalue weighted by molar-refractivity contribution is 7.26. The lowest BCUT2D eigenvalue weighted by Crippen LogP contribution is -2.20. The van der Waals surface area contributed by atoms with Crippen LogP contribution >= 0.6 is 22.7 Å². The first-order chi connectivity index (χ1) is 8.99. The molecule has 0 spiro atoms. The Bertz CT molecular complexity index is 487. The zero-order chi connectivity index (χ0) is 13.9. The lowest BCUT2D eigenvalue weighted by atomic mass is 10.1. The van der Waals surface area contributed by atoms with Gasteiger partial charge < -0.3 is 5.32 Å². The minimum absolute atomic E-state index is 0.0388. The molecule has 1 unspecified atom stereocenters. The van der Waals surface area contributed by atoms with Crippen molar-refractivity contribution in [2.75, 3.05) is 6.54 Å². The number of halogens is 3. The van der Waals surface area contributed by atoms with Crippen molar-refractivity contribution in [1.29, 1.82) is 0 Å². The average Bonchev–Trinajstić information content (AvgIpc) is 2.86. The first-order valence-corrected chi connectivity index (χ1v) is 7.96. The van der Waals surface area contributed by atoms with Crippen LogP contribution in [0.25, 0.3) is 9.40 Å². The SMILES string of the molecule is CCNC(CCCC(F)(F)F)c1cc2sccc2s1.